The van der Waals surface area contributed by atoms with Crippen molar-refractivity contribution in [2.45, 2.75) is 12.3 Å². The molecule has 0 saturated carbocycles. The van der Waals surface area contributed by atoms with Crippen molar-refractivity contribution in [2.24, 2.45) is 0 Å². The highest BCUT2D eigenvalue weighted by atomic mass is 19.1. The number of carbonyl (C=O) groups is 1. The topological polar surface area (TPSA) is 38.3 Å². The van der Waals surface area contributed by atoms with Crippen molar-refractivity contribution in [1.29, 1.82) is 0 Å². The largest absolute Gasteiger partial charge is 0.449 e. The number of hydrogen-bond donors (Lipinski definition) is 1. The van der Waals surface area contributed by atoms with Crippen molar-refractivity contribution >= 4 is 12.2 Å². The third-order valence-electron chi connectivity index (χ3n) is 5.10. The maximum Gasteiger partial charge on any atom is 0.407 e. The van der Waals surface area contributed by atoms with Crippen molar-refractivity contribution in [2.75, 3.05) is 13.2 Å². The Kier molecular flexibility index (Phi) is 5.71. The first-order valence-electron chi connectivity index (χ1n) is 9.73. The van der Waals surface area contributed by atoms with Gasteiger partial charge in [-0.2, -0.15) is 0 Å². The molecule has 0 bridgehead atoms. The average Bonchev–Trinajstić information content (AvgIpc) is 3.07. The van der Waals surface area contributed by atoms with Crippen LogP contribution in [0.4, 0.5) is 9.18 Å². The van der Waals surface area contributed by atoms with Crippen LogP contribution in [-0.4, -0.2) is 19.2 Å². The molecule has 0 radical (unpaired) electrons. The Bertz CT molecular complexity index is 982. The Morgan fingerprint density at radius 1 is 0.931 bits per heavy atom. The Balaban J connectivity index is 1.27. The molecule has 4 rings (SSSR count). The summed E-state index contributed by atoms with van der Waals surface area (Å²) in [5, 5.41) is 2.78. The van der Waals surface area contributed by atoms with E-state index in [2.05, 4.69) is 29.6 Å². The Morgan fingerprint density at radius 2 is 1.55 bits per heavy atom. The average molecular weight is 387 g/mol. The second kappa shape index (κ2) is 8.74. The lowest BCUT2D eigenvalue weighted by molar-refractivity contribution is 0.143. The molecule has 0 atom stereocenters. The molecular formula is C25H22FNO2. The van der Waals surface area contributed by atoms with Crippen LogP contribution >= 0.6 is 0 Å². The van der Waals surface area contributed by atoms with Gasteiger partial charge in [0, 0.05) is 12.5 Å². The number of ether oxygens (including phenoxy) is 1. The standard InChI is InChI=1S/C25H22FNO2/c26-19-14-12-18(13-15-19)7-5-6-16-27-25(28)29-17-24-22-10-3-1-8-20(22)21-9-2-4-11-23(21)24/h1-5,7-15,24H,6,16-17H2,(H,27,28). The van der Waals surface area contributed by atoms with Gasteiger partial charge in [-0.15, -0.1) is 0 Å². The third kappa shape index (κ3) is 4.37. The first-order chi connectivity index (χ1) is 14.2. The van der Waals surface area contributed by atoms with Gasteiger partial charge in [-0.1, -0.05) is 72.8 Å². The van der Waals surface area contributed by atoms with E-state index in [4.69, 9.17) is 4.74 Å². The number of nitrogens with one attached hydrogen (secondary N) is 1. The lowest BCUT2D eigenvalue weighted by Crippen LogP contribution is -2.26. The molecule has 1 amide bonds. The molecule has 0 fully saturated rings. The second-order valence-corrected chi connectivity index (χ2v) is 6.99. The molecule has 1 aliphatic rings. The van der Waals surface area contributed by atoms with Crippen molar-refractivity contribution in [3.8, 4) is 11.1 Å². The van der Waals surface area contributed by atoms with Gasteiger partial charge in [-0.05, 0) is 46.4 Å². The van der Waals surface area contributed by atoms with Crippen LogP contribution in [0.3, 0.4) is 0 Å². The summed E-state index contributed by atoms with van der Waals surface area (Å²) in [5.41, 5.74) is 5.74. The summed E-state index contributed by atoms with van der Waals surface area (Å²) < 4.78 is 18.4. The zero-order valence-electron chi connectivity index (χ0n) is 16.0. The van der Waals surface area contributed by atoms with Crippen LogP contribution in [0.25, 0.3) is 17.2 Å². The molecule has 0 aliphatic heterocycles. The number of benzene rings is 3. The van der Waals surface area contributed by atoms with Crippen LogP contribution in [-0.2, 0) is 4.74 Å². The van der Waals surface area contributed by atoms with E-state index >= 15 is 0 Å². The Hall–Kier alpha value is -3.40. The van der Waals surface area contributed by atoms with Gasteiger partial charge in [-0.3, -0.25) is 0 Å². The smallest absolute Gasteiger partial charge is 0.407 e. The highest BCUT2D eigenvalue weighted by Crippen LogP contribution is 2.44. The number of rotatable bonds is 6. The SMILES string of the molecule is O=C(NCCC=Cc1ccc(F)cc1)OCC1c2ccccc2-c2ccccc21. The lowest BCUT2D eigenvalue weighted by atomic mass is 9.98. The van der Waals surface area contributed by atoms with E-state index < -0.39 is 6.09 Å². The van der Waals surface area contributed by atoms with Crippen molar-refractivity contribution in [1.82, 2.24) is 5.32 Å². The van der Waals surface area contributed by atoms with Crippen LogP contribution in [0, 0.1) is 5.82 Å². The predicted molar refractivity (Wildman–Crippen MR) is 113 cm³/mol. The number of amides is 1. The van der Waals surface area contributed by atoms with Crippen molar-refractivity contribution in [3.63, 3.8) is 0 Å². The van der Waals surface area contributed by atoms with Crippen LogP contribution in [0.15, 0.2) is 78.9 Å². The van der Waals surface area contributed by atoms with Gasteiger partial charge in [0.2, 0.25) is 0 Å². The minimum absolute atomic E-state index is 0.0616. The maximum atomic E-state index is 12.9. The second-order valence-electron chi connectivity index (χ2n) is 6.99. The summed E-state index contributed by atoms with van der Waals surface area (Å²) in [6.07, 6.45) is 4.10. The Labute approximate surface area is 169 Å². The lowest BCUT2D eigenvalue weighted by Gasteiger charge is -2.14. The molecule has 0 heterocycles. The molecule has 0 aromatic heterocycles. The minimum atomic E-state index is -0.415. The summed E-state index contributed by atoms with van der Waals surface area (Å²) >= 11 is 0. The summed E-state index contributed by atoms with van der Waals surface area (Å²) in [5.74, 6) is -0.189. The van der Waals surface area contributed by atoms with Crippen LogP contribution in [0.2, 0.25) is 0 Å². The molecule has 29 heavy (non-hydrogen) atoms. The molecule has 3 aromatic carbocycles. The van der Waals surface area contributed by atoms with E-state index in [0.717, 1.165) is 5.56 Å². The van der Waals surface area contributed by atoms with Crippen molar-refractivity contribution < 1.29 is 13.9 Å². The summed E-state index contributed by atoms with van der Waals surface area (Å²) in [7, 11) is 0. The molecule has 146 valence electrons. The number of carbonyl (C=O) groups excluding carboxylic acids is 1. The third-order valence-corrected chi connectivity index (χ3v) is 5.10. The quantitative estimate of drug-likeness (QED) is 0.546. The van der Waals surface area contributed by atoms with E-state index in [1.54, 1.807) is 12.1 Å². The molecule has 4 heteroatoms. The minimum Gasteiger partial charge on any atom is -0.449 e. The summed E-state index contributed by atoms with van der Waals surface area (Å²) in [6, 6.07) is 22.8. The summed E-state index contributed by atoms with van der Waals surface area (Å²) in [6.45, 7) is 0.791. The van der Waals surface area contributed by atoms with E-state index in [1.165, 1.54) is 34.4 Å². The summed E-state index contributed by atoms with van der Waals surface area (Å²) in [4.78, 5) is 12.1. The zero-order chi connectivity index (χ0) is 20.1. The number of halogens is 1. The molecule has 1 N–H and O–H groups in total. The van der Waals surface area contributed by atoms with E-state index in [0.29, 0.717) is 19.6 Å². The fraction of sp³-hybridized carbons (Fsp3) is 0.160. The molecule has 1 aliphatic carbocycles. The van der Waals surface area contributed by atoms with Crippen LogP contribution in [0.5, 0.6) is 0 Å². The normalized spacial score (nSPS) is 12.6. The Morgan fingerprint density at radius 3 is 2.21 bits per heavy atom. The molecule has 3 aromatic rings. The monoisotopic (exact) mass is 387 g/mol. The molecule has 0 unspecified atom stereocenters. The molecule has 0 saturated heterocycles. The van der Waals surface area contributed by atoms with Gasteiger partial charge in [0.25, 0.3) is 0 Å². The van der Waals surface area contributed by atoms with Gasteiger partial charge >= 0.3 is 6.09 Å². The van der Waals surface area contributed by atoms with Gasteiger partial charge < -0.3 is 10.1 Å². The number of alkyl carbamates (subject to hydrolysis) is 1. The first kappa shape index (κ1) is 18.9. The van der Waals surface area contributed by atoms with E-state index in [9.17, 15) is 9.18 Å². The van der Waals surface area contributed by atoms with E-state index in [-0.39, 0.29) is 11.7 Å². The van der Waals surface area contributed by atoms with Gasteiger partial charge in [0.05, 0.1) is 0 Å². The number of hydrogen-bond acceptors (Lipinski definition) is 2. The fourth-order valence-electron chi connectivity index (χ4n) is 3.70. The number of fused-ring (bicyclic) bond motifs is 3. The highest BCUT2D eigenvalue weighted by molar-refractivity contribution is 5.79. The van der Waals surface area contributed by atoms with Crippen molar-refractivity contribution in [3.05, 3.63) is 101 Å². The molecular weight excluding hydrogens is 365 g/mol. The van der Waals surface area contributed by atoms with E-state index in [1.807, 2.05) is 36.4 Å². The van der Waals surface area contributed by atoms with Gasteiger partial charge in [0.15, 0.2) is 0 Å². The first-order valence-corrected chi connectivity index (χ1v) is 9.73. The van der Waals surface area contributed by atoms with Gasteiger partial charge in [-0.25, -0.2) is 9.18 Å². The van der Waals surface area contributed by atoms with Crippen LogP contribution < -0.4 is 5.32 Å². The highest BCUT2D eigenvalue weighted by Gasteiger charge is 2.28. The molecule has 0 spiro atoms. The maximum absolute atomic E-state index is 12.9. The van der Waals surface area contributed by atoms with Gasteiger partial charge in [0.1, 0.15) is 12.4 Å². The van der Waals surface area contributed by atoms with Crippen LogP contribution in [0.1, 0.15) is 29.0 Å². The predicted octanol–water partition coefficient (Wildman–Crippen LogP) is 5.77. The zero-order valence-corrected chi connectivity index (χ0v) is 16.0. The molecule has 3 nitrogen and oxygen atoms in total. The fourth-order valence-corrected chi connectivity index (χ4v) is 3.70.